The standard InChI is InChI=1S/C13H11N3O2/c1-8-2-3-10-11(6-8)18-13(17)16(10)9-4-5-15-12(14)7-9/h2-7H,1H3,(H2,14,15). The highest BCUT2D eigenvalue weighted by Crippen LogP contribution is 2.19. The molecule has 0 aliphatic heterocycles. The van der Waals surface area contributed by atoms with Gasteiger partial charge in [-0.25, -0.2) is 14.3 Å². The number of fused-ring (bicyclic) bond motifs is 1. The molecule has 0 saturated carbocycles. The molecule has 0 spiro atoms. The van der Waals surface area contributed by atoms with Crippen LogP contribution in [-0.2, 0) is 0 Å². The van der Waals surface area contributed by atoms with Crippen LogP contribution in [0.2, 0.25) is 0 Å². The number of hydrogen-bond acceptors (Lipinski definition) is 4. The molecule has 0 bridgehead atoms. The van der Waals surface area contributed by atoms with Gasteiger partial charge < -0.3 is 10.2 Å². The van der Waals surface area contributed by atoms with Crippen LogP contribution < -0.4 is 11.5 Å². The minimum Gasteiger partial charge on any atom is -0.407 e. The monoisotopic (exact) mass is 241 g/mol. The lowest BCUT2D eigenvalue weighted by Gasteiger charge is -2.02. The second-order valence-corrected chi connectivity index (χ2v) is 4.11. The maximum Gasteiger partial charge on any atom is 0.424 e. The Hall–Kier alpha value is -2.56. The Labute approximate surface area is 102 Å². The molecule has 1 aromatic carbocycles. The van der Waals surface area contributed by atoms with Gasteiger partial charge in [-0.15, -0.1) is 0 Å². The van der Waals surface area contributed by atoms with Crippen LogP contribution in [0, 0.1) is 6.92 Å². The third-order valence-corrected chi connectivity index (χ3v) is 2.76. The van der Waals surface area contributed by atoms with Crippen LogP contribution >= 0.6 is 0 Å². The van der Waals surface area contributed by atoms with Gasteiger partial charge in [-0.05, 0) is 30.7 Å². The topological polar surface area (TPSA) is 74.0 Å². The third-order valence-electron chi connectivity index (χ3n) is 2.76. The van der Waals surface area contributed by atoms with E-state index in [0.717, 1.165) is 11.1 Å². The van der Waals surface area contributed by atoms with Gasteiger partial charge in [-0.2, -0.15) is 0 Å². The van der Waals surface area contributed by atoms with Crippen molar-refractivity contribution in [2.24, 2.45) is 0 Å². The normalized spacial score (nSPS) is 10.9. The minimum atomic E-state index is -0.429. The molecule has 0 radical (unpaired) electrons. The number of anilines is 1. The number of oxazole rings is 1. The zero-order valence-corrected chi connectivity index (χ0v) is 9.75. The number of hydrogen-bond donors (Lipinski definition) is 1. The van der Waals surface area contributed by atoms with Crippen molar-refractivity contribution in [2.45, 2.75) is 6.92 Å². The van der Waals surface area contributed by atoms with E-state index < -0.39 is 5.76 Å². The molecule has 0 aliphatic rings. The van der Waals surface area contributed by atoms with Gasteiger partial charge in [0.15, 0.2) is 5.58 Å². The summed E-state index contributed by atoms with van der Waals surface area (Å²) in [5, 5.41) is 0. The van der Waals surface area contributed by atoms with Gasteiger partial charge in [-0.1, -0.05) is 6.07 Å². The Morgan fingerprint density at radius 1 is 1.28 bits per heavy atom. The summed E-state index contributed by atoms with van der Waals surface area (Å²) >= 11 is 0. The van der Waals surface area contributed by atoms with Crippen LogP contribution in [0.5, 0.6) is 0 Å². The lowest BCUT2D eigenvalue weighted by atomic mass is 10.2. The van der Waals surface area contributed by atoms with Gasteiger partial charge in [0.25, 0.3) is 0 Å². The Balaban J connectivity index is 2.35. The first-order valence-corrected chi connectivity index (χ1v) is 5.49. The summed E-state index contributed by atoms with van der Waals surface area (Å²) in [6, 6.07) is 8.96. The summed E-state index contributed by atoms with van der Waals surface area (Å²) in [7, 11) is 0. The summed E-state index contributed by atoms with van der Waals surface area (Å²) in [5.41, 5.74) is 8.60. The molecule has 0 saturated heterocycles. The molecular formula is C13H11N3O2. The maximum atomic E-state index is 11.9. The second-order valence-electron chi connectivity index (χ2n) is 4.11. The molecule has 0 fully saturated rings. The van der Waals surface area contributed by atoms with Crippen molar-refractivity contribution in [3.8, 4) is 5.69 Å². The molecule has 3 aromatic rings. The van der Waals surface area contributed by atoms with Crippen molar-refractivity contribution >= 4 is 16.9 Å². The van der Waals surface area contributed by atoms with Crippen molar-refractivity contribution < 1.29 is 4.42 Å². The summed E-state index contributed by atoms with van der Waals surface area (Å²) in [6.45, 7) is 1.95. The fourth-order valence-electron chi connectivity index (χ4n) is 1.95. The average Bonchev–Trinajstić information content (AvgIpc) is 2.64. The Morgan fingerprint density at radius 3 is 2.89 bits per heavy atom. The quantitative estimate of drug-likeness (QED) is 0.705. The Bertz CT molecular complexity index is 786. The van der Waals surface area contributed by atoms with E-state index in [9.17, 15) is 4.79 Å². The number of nitrogens with zero attached hydrogens (tertiary/aromatic N) is 2. The summed E-state index contributed by atoms with van der Waals surface area (Å²) in [5.74, 6) is -0.0675. The molecule has 0 atom stereocenters. The van der Waals surface area contributed by atoms with Gasteiger partial charge in [0.1, 0.15) is 5.82 Å². The molecule has 5 nitrogen and oxygen atoms in total. The Kier molecular flexibility index (Phi) is 2.19. The second kappa shape index (κ2) is 3.73. The first-order chi connectivity index (χ1) is 8.65. The molecule has 0 aliphatic carbocycles. The van der Waals surface area contributed by atoms with Crippen molar-refractivity contribution in [1.29, 1.82) is 0 Å². The van der Waals surface area contributed by atoms with E-state index in [1.165, 1.54) is 4.57 Å². The minimum absolute atomic E-state index is 0.362. The van der Waals surface area contributed by atoms with Gasteiger partial charge in [0.05, 0.1) is 11.2 Å². The first-order valence-electron chi connectivity index (χ1n) is 5.49. The third kappa shape index (κ3) is 1.57. The molecule has 0 amide bonds. The highest BCUT2D eigenvalue weighted by molar-refractivity contribution is 5.76. The molecule has 2 N–H and O–H groups in total. The van der Waals surface area contributed by atoms with Crippen LogP contribution in [0.3, 0.4) is 0 Å². The number of rotatable bonds is 1. The molecule has 18 heavy (non-hydrogen) atoms. The number of nitrogen functional groups attached to an aromatic ring is 1. The number of benzene rings is 1. The first kappa shape index (κ1) is 10.6. The fraction of sp³-hybridized carbons (Fsp3) is 0.0769. The highest BCUT2D eigenvalue weighted by Gasteiger charge is 2.11. The molecule has 0 unspecified atom stereocenters. The van der Waals surface area contributed by atoms with Crippen molar-refractivity contribution in [2.75, 3.05) is 5.73 Å². The zero-order valence-electron chi connectivity index (χ0n) is 9.75. The van der Waals surface area contributed by atoms with Crippen molar-refractivity contribution in [1.82, 2.24) is 9.55 Å². The van der Waals surface area contributed by atoms with E-state index in [0.29, 0.717) is 17.1 Å². The molecule has 2 aromatic heterocycles. The lowest BCUT2D eigenvalue weighted by Crippen LogP contribution is -2.12. The van der Waals surface area contributed by atoms with Crippen LogP contribution in [0.1, 0.15) is 5.56 Å². The fourth-order valence-corrected chi connectivity index (χ4v) is 1.95. The van der Waals surface area contributed by atoms with Crippen LogP contribution in [0.15, 0.2) is 45.7 Å². The highest BCUT2D eigenvalue weighted by atomic mass is 16.4. The van der Waals surface area contributed by atoms with E-state index in [-0.39, 0.29) is 0 Å². The maximum absolute atomic E-state index is 11.9. The van der Waals surface area contributed by atoms with Gasteiger partial charge in [0, 0.05) is 12.3 Å². The largest absolute Gasteiger partial charge is 0.424 e. The van der Waals surface area contributed by atoms with E-state index in [4.69, 9.17) is 10.2 Å². The number of pyridine rings is 1. The lowest BCUT2D eigenvalue weighted by molar-refractivity contribution is 0.540. The van der Waals surface area contributed by atoms with E-state index in [1.54, 1.807) is 18.3 Å². The van der Waals surface area contributed by atoms with E-state index in [2.05, 4.69) is 4.98 Å². The van der Waals surface area contributed by atoms with Crippen LogP contribution in [0.25, 0.3) is 16.8 Å². The van der Waals surface area contributed by atoms with Crippen LogP contribution in [0.4, 0.5) is 5.82 Å². The zero-order chi connectivity index (χ0) is 12.7. The predicted molar refractivity (Wildman–Crippen MR) is 68.8 cm³/mol. The molecule has 5 heteroatoms. The molecule has 90 valence electrons. The SMILES string of the molecule is Cc1ccc2c(c1)oc(=O)n2-c1ccnc(N)c1. The van der Waals surface area contributed by atoms with Crippen molar-refractivity contribution in [3.63, 3.8) is 0 Å². The predicted octanol–water partition coefficient (Wildman–Crippen LogP) is 1.87. The average molecular weight is 241 g/mol. The Morgan fingerprint density at radius 2 is 2.11 bits per heavy atom. The van der Waals surface area contributed by atoms with E-state index in [1.807, 2.05) is 25.1 Å². The van der Waals surface area contributed by atoms with Crippen molar-refractivity contribution in [3.05, 3.63) is 52.6 Å². The van der Waals surface area contributed by atoms with Gasteiger partial charge in [0.2, 0.25) is 0 Å². The number of aromatic nitrogens is 2. The van der Waals surface area contributed by atoms with Crippen LogP contribution in [-0.4, -0.2) is 9.55 Å². The molecule has 3 rings (SSSR count). The summed E-state index contributed by atoms with van der Waals surface area (Å²) in [4.78, 5) is 15.8. The number of nitrogens with two attached hydrogens (primary N) is 1. The van der Waals surface area contributed by atoms with Gasteiger partial charge in [-0.3, -0.25) is 0 Å². The summed E-state index contributed by atoms with van der Waals surface area (Å²) in [6.07, 6.45) is 1.56. The molecular weight excluding hydrogens is 230 g/mol. The molecule has 2 heterocycles. The summed E-state index contributed by atoms with van der Waals surface area (Å²) < 4.78 is 6.70. The smallest absolute Gasteiger partial charge is 0.407 e. The van der Waals surface area contributed by atoms with Gasteiger partial charge >= 0.3 is 5.76 Å². The number of aryl methyl sites for hydroxylation is 1. The van der Waals surface area contributed by atoms with E-state index >= 15 is 0 Å².